The van der Waals surface area contributed by atoms with Crippen LogP contribution in [0.25, 0.3) is 0 Å². The van der Waals surface area contributed by atoms with Crippen LogP contribution in [0.15, 0.2) is 63.0 Å². The molecule has 1 aromatic carbocycles. The fourth-order valence-electron chi connectivity index (χ4n) is 2.97. The molecule has 1 heterocycles. The number of aliphatic hydroxyl groups is 1. The second-order valence-corrected chi connectivity index (χ2v) is 7.61. The molecule has 0 aliphatic rings. The molecule has 1 amide bonds. The Morgan fingerprint density at radius 1 is 1.37 bits per heavy atom. The zero-order valence-corrected chi connectivity index (χ0v) is 18.6. The summed E-state index contributed by atoms with van der Waals surface area (Å²) in [6.07, 6.45) is 2.56. The first kappa shape index (κ1) is 23.5. The number of benzene rings is 1. The molecule has 30 heavy (non-hydrogen) atoms. The van der Waals surface area contributed by atoms with Gasteiger partial charge in [0.2, 0.25) is 0 Å². The van der Waals surface area contributed by atoms with Crippen LogP contribution < -0.4 is 9.64 Å². The summed E-state index contributed by atoms with van der Waals surface area (Å²) < 4.78 is 6.17. The monoisotopic (exact) mass is 427 g/mol. The molecule has 2 aromatic rings. The highest BCUT2D eigenvalue weighted by Crippen LogP contribution is 2.30. The molecule has 0 bridgehead atoms. The van der Waals surface area contributed by atoms with Crippen LogP contribution in [0.3, 0.4) is 0 Å². The summed E-state index contributed by atoms with van der Waals surface area (Å²) >= 11 is 1.59. The maximum Gasteiger partial charge on any atom is 0.261 e. The summed E-state index contributed by atoms with van der Waals surface area (Å²) in [7, 11) is 1.62. The zero-order chi connectivity index (χ0) is 21.9. The first-order chi connectivity index (χ1) is 14.5. The summed E-state index contributed by atoms with van der Waals surface area (Å²) in [6.45, 7) is 7.86. The first-order valence-electron chi connectivity index (χ1n) is 9.88. The predicted molar refractivity (Wildman–Crippen MR) is 125 cm³/mol. The Morgan fingerprint density at radius 3 is 2.77 bits per heavy atom. The number of rotatable bonds is 11. The molecule has 0 saturated heterocycles. The lowest BCUT2D eigenvalue weighted by Crippen LogP contribution is -2.33. The second kappa shape index (κ2) is 12.0. The summed E-state index contributed by atoms with van der Waals surface area (Å²) in [4.78, 5) is 23.9. The smallest absolute Gasteiger partial charge is 0.261 e. The third kappa shape index (κ3) is 6.11. The van der Waals surface area contributed by atoms with Crippen molar-refractivity contribution in [1.82, 2.24) is 0 Å². The maximum atomic E-state index is 13.3. The van der Waals surface area contributed by atoms with Gasteiger partial charge in [0, 0.05) is 49.5 Å². The van der Waals surface area contributed by atoms with Crippen LogP contribution in [0.5, 0.6) is 5.75 Å². The van der Waals surface area contributed by atoms with Crippen LogP contribution in [0.4, 0.5) is 5.69 Å². The lowest BCUT2D eigenvalue weighted by molar-refractivity contribution is -0.114. The number of nitrogens with zero attached hydrogens (tertiary/aromatic N) is 3. The highest BCUT2D eigenvalue weighted by Gasteiger charge is 2.21. The van der Waals surface area contributed by atoms with Crippen LogP contribution >= 0.6 is 11.3 Å². The van der Waals surface area contributed by atoms with Gasteiger partial charge in [-0.25, -0.2) is 0 Å². The number of carbonyl (C=O) groups is 1. The molecule has 2 rings (SSSR count). The minimum absolute atomic E-state index is 0.0288. The number of aliphatic imine (C=N–C) groups is 2. The van der Waals surface area contributed by atoms with Crippen molar-refractivity contribution in [1.29, 1.82) is 0 Å². The molecular formula is C23H29N3O3S. The van der Waals surface area contributed by atoms with E-state index in [1.54, 1.807) is 30.2 Å². The Morgan fingerprint density at radius 2 is 2.17 bits per heavy atom. The summed E-state index contributed by atoms with van der Waals surface area (Å²) in [5.74, 6) is 0.455. The van der Waals surface area contributed by atoms with E-state index in [-0.39, 0.29) is 18.6 Å². The van der Waals surface area contributed by atoms with Crippen molar-refractivity contribution in [2.24, 2.45) is 9.98 Å². The molecule has 7 heteroatoms. The summed E-state index contributed by atoms with van der Waals surface area (Å²) in [6, 6.07) is 11.4. The van der Waals surface area contributed by atoms with Crippen molar-refractivity contribution in [2.45, 2.75) is 32.8 Å². The Labute approximate surface area is 182 Å². The minimum Gasteiger partial charge on any atom is -0.485 e. The molecule has 1 atom stereocenters. The average Bonchev–Trinajstić information content (AvgIpc) is 3.29. The lowest BCUT2D eigenvalue weighted by atomic mass is 10.1. The predicted octanol–water partition coefficient (Wildman–Crippen LogP) is 4.67. The van der Waals surface area contributed by atoms with Crippen molar-refractivity contribution < 1.29 is 14.6 Å². The Balaban J connectivity index is 2.36. The second-order valence-electron chi connectivity index (χ2n) is 6.63. The van der Waals surface area contributed by atoms with Gasteiger partial charge in [-0.1, -0.05) is 19.1 Å². The normalized spacial score (nSPS) is 13.1. The van der Waals surface area contributed by atoms with Gasteiger partial charge in [0.15, 0.2) is 0 Å². The Bertz CT molecular complexity index is 891. The zero-order valence-electron chi connectivity index (χ0n) is 17.7. The average molecular weight is 428 g/mol. The largest absolute Gasteiger partial charge is 0.485 e. The van der Waals surface area contributed by atoms with Crippen molar-refractivity contribution in [3.63, 3.8) is 0 Å². The molecule has 6 nitrogen and oxygen atoms in total. The molecule has 160 valence electrons. The van der Waals surface area contributed by atoms with Gasteiger partial charge < -0.3 is 14.7 Å². The Kier molecular flexibility index (Phi) is 9.44. The van der Waals surface area contributed by atoms with E-state index in [0.29, 0.717) is 30.0 Å². The number of ether oxygens (including phenoxy) is 1. The van der Waals surface area contributed by atoms with Crippen molar-refractivity contribution in [3.8, 4) is 5.75 Å². The maximum absolute atomic E-state index is 13.3. The number of aliphatic hydroxyl groups excluding tert-OH is 1. The standard InChI is InChI=1S/C23H29N3O3S/c1-5-12-26(23(28)20(16-24-3)17(2)25-4)18-8-6-9-19(15-18)29-21(11-13-27)22-10-7-14-30-22/h6-10,14-16,21,27H,4-5,11-13H2,1-3H3/b20-17+,24-16?. The number of amides is 1. The molecule has 0 fully saturated rings. The van der Waals surface area contributed by atoms with E-state index in [4.69, 9.17) is 4.74 Å². The number of carbonyl (C=O) groups excluding carboxylic acids is 1. The molecule has 1 unspecified atom stereocenters. The van der Waals surface area contributed by atoms with E-state index >= 15 is 0 Å². The van der Waals surface area contributed by atoms with E-state index in [1.807, 2.05) is 48.7 Å². The quantitative estimate of drug-likeness (QED) is 0.418. The first-order valence-corrected chi connectivity index (χ1v) is 10.8. The van der Waals surface area contributed by atoms with Crippen LogP contribution in [0, 0.1) is 0 Å². The minimum atomic E-state index is -0.240. The van der Waals surface area contributed by atoms with E-state index < -0.39 is 0 Å². The number of thiophene rings is 1. The SMILES string of the molecule is C=N/C(C)=C(\C=NC)C(=O)N(CCC)c1cccc(OC(CCO)c2cccs2)c1. The van der Waals surface area contributed by atoms with E-state index in [2.05, 4.69) is 16.7 Å². The summed E-state index contributed by atoms with van der Waals surface area (Å²) in [5, 5.41) is 11.4. The van der Waals surface area contributed by atoms with Crippen LogP contribution in [-0.4, -0.2) is 44.1 Å². The highest BCUT2D eigenvalue weighted by molar-refractivity contribution is 7.10. The molecule has 0 radical (unpaired) electrons. The van der Waals surface area contributed by atoms with E-state index in [1.165, 1.54) is 6.21 Å². The molecule has 1 N–H and O–H groups in total. The van der Waals surface area contributed by atoms with Gasteiger partial charge in [0.25, 0.3) is 5.91 Å². The van der Waals surface area contributed by atoms with Crippen LogP contribution in [0.2, 0.25) is 0 Å². The van der Waals surface area contributed by atoms with Gasteiger partial charge in [0.1, 0.15) is 11.9 Å². The third-order valence-electron chi connectivity index (χ3n) is 4.47. The number of hydrogen-bond donors (Lipinski definition) is 1. The van der Waals surface area contributed by atoms with Crippen LogP contribution in [0.1, 0.15) is 37.7 Å². The number of anilines is 1. The molecule has 0 aliphatic heterocycles. The molecule has 0 aliphatic carbocycles. The van der Waals surface area contributed by atoms with Gasteiger partial charge >= 0.3 is 0 Å². The van der Waals surface area contributed by atoms with Gasteiger partial charge in [-0.05, 0) is 43.6 Å². The molecular weight excluding hydrogens is 398 g/mol. The van der Waals surface area contributed by atoms with Crippen molar-refractivity contribution in [3.05, 3.63) is 57.9 Å². The molecule has 1 aromatic heterocycles. The fourth-order valence-corrected chi connectivity index (χ4v) is 3.76. The van der Waals surface area contributed by atoms with E-state index in [9.17, 15) is 9.90 Å². The van der Waals surface area contributed by atoms with Gasteiger partial charge in [-0.2, -0.15) is 0 Å². The molecule has 0 saturated carbocycles. The number of allylic oxidation sites excluding steroid dienone is 1. The van der Waals surface area contributed by atoms with Crippen molar-refractivity contribution in [2.75, 3.05) is 25.1 Å². The fraction of sp³-hybridized carbons (Fsp3) is 0.348. The lowest BCUT2D eigenvalue weighted by Gasteiger charge is -2.24. The van der Waals surface area contributed by atoms with Gasteiger partial charge in [-0.3, -0.25) is 14.8 Å². The summed E-state index contributed by atoms with van der Waals surface area (Å²) in [5.41, 5.74) is 1.66. The third-order valence-corrected chi connectivity index (χ3v) is 5.43. The Hall–Kier alpha value is -2.77. The van der Waals surface area contributed by atoms with E-state index in [0.717, 1.165) is 17.0 Å². The molecule has 0 spiro atoms. The van der Waals surface area contributed by atoms with Crippen LogP contribution in [-0.2, 0) is 4.79 Å². The van der Waals surface area contributed by atoms with Crippen molar-refractivity contribution >= 4 is 35.9 Å². The number of hydrogen-bond acceptors (Lipinski definition) is 6. The highest BCUT2D eigenvalue weighted by atomic mass is 32.1. The topological polar surface area (TPSA) is 74.5 Å². The van der Waals surface area contributed by atoms with Gasteiger partial charge in [-0.15, -0.1) is 11.3 Å². The van der Waals surface area contributed by atoms with Gasteiger partial charge in [0.05, 0.1) is 11.3 Å².